The lowest BCUT2D eigenvalue weighted by Crippen LogP contribution is -2.36. The number of hydrogen-bond acceptors (Lipinski definition) is 4. The number of halogens is 1. The molecule has 0 aliphatic heterocycles. The molecule has 1 rings (SSSR count). The largest absolute Gasteiger partial charge is 0.452 e. The SMILES string of the molecule is CC(C)CCC(C)NC(=O)COC(=O)c1ccc(Cl)c(N)c1. The smallest absolute Gasteiger partial charge is 0.338 e. The van der Waals surface area contributed by atoms with Crippen LogP contribution in [0.1, 0.15) is 44.0 Å². The Balaban J connectivity index is 2.40. The Morgan fingerprint density at radius 3 is 2.55 bits per heavy atom. The van der Waals surface area contributed by atoms with Crippen molar-refractivity contribution in [2.75, 3.05) is 12.3 Å². The van der Waals surface area contributed by atoms with Crippen LogP contribution in [0.4, 0.5) is 5.69 Å². The summed E-state index contributed by atoms with van der Waals surface area (Å²) in [4.78, 5) is 23.5. The van der Waals surface area contributed by atoms with Gasteiger partial charge < -0.3 is 15.8 Å². The number of ether oxygens (including phenoxy) is 1. The van der Waals surface area contributed by atoms with E-state index in [0.29, 0.717) is 16.6 Å². The summed E-state index contributed by atoms with van der Waals surface area (Å²) in [7, 11) is 0. The molecular weight excluding hydrogens is 304 g/mol. The first-order chi connectivity index (χ1) is 10.3. The summed E-state index contributed by atoms with van der Waals surface area (Å²) >= 11 is 5.78. The Morgan fingerprint density at radius 1 is 1.27 bits per heavy atom. The third-order valence-electron chi connectivity index (χ3n) is 3.15. The number of carbonyl (C=O) groups excluding carboxylic acids is 2. The number of rotatable bonds is 7. The van der Waals surface area contributed by atoms with Crippen molar-refractivity contribution in [3.63, 3.8) is 0 Å². The summed E-state index contributed by atoms with van der Waals surface area (Å²) in [5.74, 6) is -0.326. The van der Waals surface area contributed by atoms with Gasteiger partial charge in [-0.3, -0.25) is 4.79 Å². The molecule has 6 heteroatoms. The summed E-state index contributed by atoms with van der Waals surface area (Å²) < 4.78 is 4.96. The molecule has 0 spiro atoms. The van der Waals surface area contributed by atoms with E-state index in [1.54, 1.807) is 0 Å². The zero-order chi connectivity index (χ0) is 16.7. The highest BCUT2D eigenvalue weighted by Crippen LogP contribution is 2.19. The predicted octanol–water partition coefficient (Wildman–Crippen LogP) is 3.02. The normalized spacial score (nSPS) is 12.0. The van der Waals surface area contributed by atoms with E-state index in [1.807, 2.05) is 6.92 Å². The van der Waals surface area contributed by atoms with Crippen LogP contribution in [0, 0.1) is 5.92 Å². The van der Waals surface area contributed by atoms with Crippen molar-refractivity contribution in [2.45, 2.75) is 39.7 Å². The Kier molecular flexibility index (Phi) is 7.18. The molecule has 0 aromatic heterocycles. The number of nitrogen functional groups attached to an aromatic ring is 1. The van der Waals surface area contributed by atoms with Gasteiger partial charge in [0.15, 0.2) is 6.61 Å². The molecule has 0 radical (unpaired) electrons. The van der Waals surface area contributed by atoms with E-state index < -0.39 is 5.97 Å². The number of nitrogens with one attached hydrogen (secondary N) is 1. The van der Waals surface area contributed by atoms with Crippen LogP contribution in [0.3, 0.4) is 0 Å². The number of esters is 1. The highest BCUT2D eigenvalue weighted by molar-refractivity contribution is 6.33. The zero-order valence-corrected chi connectivity index (χ0v) is 13.9. The molecule has 1 unspecified atom stereocenters. The second-order valence-electron chi connectivity index (χ2n) is 5.75. The average molecular weight is 327 g/mol. The van der Waals surface area contributed by atoms with Crippen molar-refractivity contribution in [3.8, 4) is 0 Å². The molecule has 0 saturated heterocycles. The second kappa shape index (κ2) is 8.63. The van der Waals surface area contributed by atoms with Gasteiger partial charge in [-0.1, -0.05) is 25.4 Å². The van der Waals surface area contributed by atoms with Crippen molar-refractivity contribution < 1.29 is 14.3 Å². The Morgan fingerprint density at radius 2 is 1.95 bits per heavy atom. The molecule has 22 heavy (non-hydrogen) atoms. The van der Waals surface area contributed by atoms with E-state index in [4.69, 9.17) is 22.1 Å². The molecular formula is C16H23ClN2O3. The fourth-order valence-corrected chi connectivity index (χ4v) is 1.97. The molecule has 0 aliphatic carbocycles. The first-order valence-electron chi connectivity index (χ1n) is 7.31. The molecule has 122 valence electrons. The summed E-state index contributed by atoms with van der Waals surface area (Å²) in [6, 6.07) is 4.50. The third-order valence-corrected chi connectivity index (χ3v) is 3.49. The molecule has 1 aromatic rings. The number of benzene rings is 1. The number of carbonyl (C=O) groups is 2. The third kappa shape index (κ3) is 6.35. The first-order valence-corrected chi connectivity index (χ1v) is 7.69. The Labute approximate surface area is 136 Å². The maximum Gasteiger partial charge on any atom is 0.338 e. The number of anilines is 1. The fourth-order valence-electron chi connectivity index (χ4n) is 1.86. The molecule has 0 fully saturated rings. The second-order valence-corrected chi connectivity index (χ2v) is 6.16. The molecule has 1 atom stereocenters. The van der Waals surface area contributed by atoms with E-state index in [0.717, 1.165) is 12.8 Å². The van der Waals surface area contributed by atoms with Crippen LogP contribution in [0.5, 0.6) is 0 Å². The molecule has 1 amide bonds. The van der Waals surface area contributed by atoms with Gasteiger partial charge in [0, 0.05) is 6.04 Å². The van der Waals surface area contributed by atoms with Gasteiger partial charge in [-0.2, -0.15) is 0 Å². The van der Waals surface area contributed by atoms with E-state index >= 15 is 0 Å². The molecule has 0 aliphatic rings. The minimum absolute atomic E-state index is 0.0554. The molecule has 3 N–H and O–H groups in total. The van der Waals surface area contributed by atoms with Gasteiger partial charge in [-0.25, -0.2) is 4.79 Å². The highest BCUT2D eigenvalue weighted by atomic mass is 35.5. The molecule has 1 aromatic carbocycles. The fraction of sp³-hybridized carbons (Fsp3) is 0.500. The van der Waals surface area contributed by atoms with Crippen LogP contribution in [0.25, 0.3) is 0 Å². The maximum absolute atomic E-state index is 11.8. The number of amides is 1. The van der Waals surface area contributed by atoms with Crippen molar-refractivity contribution in [1.29, 1.82) is 0 Å². The summed E-state index contributed by atoms with van der Waals surface area (Å²) in [6.07, 6.45) is 1.93. The van der Waals surface area contributed by atoms with Crippen LogP contribution in [-0.2, 0) is 9.53 Å². The highest BCUT2D eigenvalue weighted by Gasteiger charge is 2.13. The Bertz CT molecular complexity index is 532. The predicted molar refractivity (Wildman–Crippen MR) is 87.8 cm³/mol. The lowest BCUT2D eigenvalue weighted by atomic mass is 10.0. The lowest BCUT2D eigenvalue weighted by Gasteiger charge is -2.15. The lowest BCUT2D eigenvalue weighted by molar-refractivity contribution is -0.124. The monoisotopic (exact) mass is 326 g/mol. The first kappa shape index (κ1) is 18.3. The molecule has 5 nitrogen and oxygen atoms in total. The summed E-state index contributed by atoms with van der Waals surface area (Å²) in [5.41, 5.74) is 6.18. The van der Waals surface area contributed by atoms with Gasteiger partial charge in [0.05, 0.1) is 16.3 Å². The van der Waals surface area contributed by atoms with Crippen molar-refractivity contribution in [2.24, 2.45) is 5.92 Å². The van der Waals surface area contributed by atoms with Gasteiger partial charge in [-0.05, 0) is 43.9 Å². The van der Waals surface area contributed by atoms with Gasteiger partial charge in [0.2, 0.25) is 0 Å². The standard InChI is InChI=1S/C16H23ClN2O3/c1-10(2)4-5-11(3)19-15(20)9-22-16(21)12-6-7-13(17)14(18)8-12/h6-8,10-11H,4-5,9,18H2,1-3H3,(H,19,20). The van der Waals surface area contributed by atoms with Crippen molar-refractivity contribution in [1.82, 2.24) is 5.32 Å². The van der Waals surface area contributed by atoms with E-state index in [1.165, 1.54) is 18.2 Å². The van der Waals surface area contributed by atoms with Gasteiger partial charge >= 0.3 is 5.97 Å². The van der Waals surface area contributed by atoms with E-state index in [-0.39, 0.29) is 24.1 Å². The van der Waals surface area contributed by atoms with Crippen molar-refractivity contribution >= 4 is 29.2 Å². The molecule has 0 bridgehead atoms. The topological polar surface area (TPSA) is 81.4 Å². The minimum Gasteiger partial charge on any atom is -0.452 e. The quantitative estimate of drug-likeness (QED) is 0.596. The van der Waals surface area contributed by atoms with Crippen LogP contribution >= 0.6 is 11.6 Å². The number of nitrogens with two attached hydrogens (primary N) is 1. The van der Waals surface area contributed by atoms with Crippen LogP contribution in [0.2, 0.25) is 5.02 Å². The summed E-state index contributed by atoms with van der Waals surface area (Å²) in [6.45, 7) is 5.89. The average Bonchev–Trinajstić information content (AvgIpc) is 2.45. The molecule has 0 saturated carbocycles. The number of hydrogen-bond donors (Lipinski definition) is 2. The van der Waals surface area contributed by atoms with Gasteiger partial charge in [0.1, 0.15) is 0 Å². The van der Waals surface area contributed by atoms with Crippen LogP contribution < -0.4 is 11.1 Å². The van der Waals surface area contributed by atoms with E-state index in [9.17, 15) is 9.59 Å². The minimum atomic E-state index is -0.603. The van der Waals surface area contributed by atoms with Crippen LogP contribution in [-0.4, -0.2) is 24.5 Å². The zero-order valence-electron chi connectivity index (χ0n) is 13.2. The maximum atomic E-state index is 11.8. The summed E-state index contributed by atoms with van der Waals surface area (Å²) in [5, 5.41) is 3.17. The molecule has 0 heterocycles. The van der Waals surface area contributed by atoms with Crippen molar-refractivity contribution in [3.05, 3.63) is 28.8 Å². The van der Waals surface area contributed by atoms with Gasteiger partial charge in [-0.15, -0.1) is 0 Å². The van der Waals surface area contributed by atoms with Crippen LogP contribution in [0.15, 0.2) is 18.2 Å². The Hall–Kier alpha value is -1.75. The van der Waals surface area contributed by atoms with E-state index in [2.05, 4.69) is 19.2 Å². The van der Waals surface area contributed by atoms with Gasteiger partial charge in [0.25, 0.3) is 5.91 Å².